The maximum atomic E-state index is 13.3. The van der Waals surface area contributed by atoms with E-state index in [9.17, 15) is 9.18 Å². The van der Waals surface area contributed by atoms with Crippen LogP contribution < -0.4 is 15.1 Å². The summed E-state index contributed by atoms with van der Waals surface area (Å²) in [4.78, 5) is 13.5. The SMILES string of the molecule is CNC(=O)N(N=N)c1ccc(F)cc1OCCN(C)C. The van der Waals surface area contributed by atoms with Crippen molar-refractivity contribution in [1.29, 1.82) is 5.53 Å². The summed E-state index contributed by atoms with van der Waals surface area (Å²) in [6.07, 6.45) is 0. The molecular weight excluding hydrogens is 265 g/mol. The minimum absolute atomic E-state index is 0.159. The Morgan fingerprint density at radius 2 is 2.20 bits per heavy atom. The average molecular weight is 283 g/mol. The van der Waals surface area contributed by atoms with Crippen LogP contribution in [0.5, 0.6) is 5.75 Å². The van der Waals surface area contributed by atoms with Crippen LogP contribution >= 0.6 is 0 Å². The van der Waals surface area contributed by atoms with E-state index in [1.54, 1.807) is 0 Å². The fourth-order valence-electron chi connectivity index (χ4n) is 1.43. The van der Waals surface area contributed by atoms with Gasteiger partial charge in [-0.1, -0.05) is 5.22 Å². The molecule has 0 saturated carbocycles. The van der Waals surface area contributed by atoms with Crippen molar-refractivity contribution in [3.05, 3.63) is 24.0 Å². The number of urea groups is 1. The standard InChI is InChI=1S/C12H18FN5O2/c1-15-12(19)18(16-14)10-5-4-9(13)8-11(10)20-7-6-17(2)3/h4-5,8,14H,6-7H2,1-3H3,(H,15,19). The Labute approximate surface area is 116 Å². The largest absolute Gasteiger partial charge is 0.490 e. The first-order chi connectivity index (χ1) is 9.49. The molecule has 0 spiro atoms. The van der Waals surface area contributed by atoms with Gasteiger partial charge >= 0.3 is 6.03 Å². The third-order valence-electron chi connectivity index (χ3n) is 2.45. The van der Waals surface area contributed by atoms with Crippen LogP contribution in [0.15, 0.2) is 23.4 Å². The summed E-state index contributed by atoms with van der Waals surface area (Å²) >= 11 is 0. The molecule has 0 aromatic heterocycles. The van der Waals surface area contributed by atoms with Gasteiger partial charge in [0.15, 0.2) is 0 Å². The molecule has 1 aromatic rings. The highest BCUT2D eigenvalue weighted by Gasteiger charge is 2.19. The molecule has 0 bridgehead atoms. The quantitative estimate of drug-likeness (QED) is 0.617. The van der Waals surface area contributed by atoms with E-state index in [0.29, 0.717) is 13.2 Å². The van der Waals surface area contributed by atoms with E-state index in [-0.39, 0.29) is 11.4 Å². The van der Waals surface area contributed by atoms with Crippen LogP contribution in [0.1, 0.15) is 0 Å². The molecule has 2 amide bonds. The molecule has 1 aromatic carbocycles. The summed E-state index contributed by atoms with van der Waals surface area (Å²) in [5, 5.41) is 6.26. The molecule has 0 aliphatic heterocycles. The second-order valence-corrected chi connectivity index (χ2v) is 4.23. The van der Waals surface area contributed by atoms with Gasteiger partial charge in [0.1, 0.15) is 23.9 Å². The molecule has 2 N–H and O–H groups in total. The van der Waals surface area contributed by atoms with Crippen LogP contribution in [0.3, 0.4) is 0 Å². The summed E-state index contributed by atoms with van der Waals surface area (Å²) in [7, 11) is 5.17. The molecule has 0 atom stereocenters. The van der Waals surface area contributed by atoms with Crippen molar-refractivity contribution in [3.63, 3.8) is 0 Å². The highest BCUT2D eigenvalue weighted by Crippen LogP contribution is 2.29. The zero-order valence-electron chi connectivity index (χ0n) is 11.7. The molecule has 20 heavy (non-hydrogen) atoms. The molecule has 0 fully saturated rings. The van der Waals surface area contributed by atoms with Crippen molar-refractivity contribution >= 4 is 11.7 Å². The van der Waals surface area contributed by atoms with E-state index in [2.05, 4.69) is 10.5 Å². The fourth-order valence-corrected chi connectivity index (χ4v) is 1.43. The number of hydrogen-bond donors (Lipinski definition) is 2. The molecule has 110 valence electrons. The number of amides is 2. The fraction of sp³-hybridized carbons (Fsp3) is 0.417. The van der Waals surface area contributed by atoms with Crippen molar-refractivity contribution < 1.29 is 13.9 Å². The van der Waals surface area contributed by atoms with Crippen LogP contribution in [0.4, 0.5) is 14.9 Å². The summed E-state index contributed by atoms with van der Waals surface area (Å²) in [6, 6.07) is 3.07. The third-order valence-corrected chi connectivity index (χ3v) is 2.45. The summed E-state index contributed by atoms with van der Waals surface area (Å²) in [5.74, 6) is -0.332. The number of hydrogen-bond acceptors (Lipinski definition) is 5. The molecule has 0 aliphatic rings. The first-order valence-electron chi connectivity index (χ1n) is 5.96. The van der Waals surface area contributed by atoms with Gasteiger partial charge < -0.3 is 15.0 Å². The van der Waals surface area contributed by atoms with E-state index in [1.165, 1.54) is 19.2 Å². The van der Waals surface area contributed by atoms with E-state index in [4.69, 9.17) is 10.3 Å². The highest BCUT2D eigenvalue weighted by atomic mass is 19.1. The third kappa shape index (κ3) is 4.16. The number of rotatable bonds is 6. The number of benzene rings is 1. The minimum Gasteiger partial charge on any atom is -0.490 e. The molecule has 0 aliphatic carbocycles. The number of nitrogens with zero attached hydrogens (tertiary/aromatic N) is 3. The number of anilines is 1. The highest BCUT2D eigenvalue weighted by molar-refractivity contribution is 5.92. The lowest BCUT2D eigenvalue weighted by molar-refractivity contribution is 0.245. The summed E-state index contributed by atoms with van der Waals surface area (Å²) < 4.78 is 18.8. The van der Waals surface area contributed by atoms with Gasteiger partial charge in [0.25, 0.3) is 0 Å². The van der Waals surface area contributed by atoms with Crippen LogP contribution in [-0.2, 0) is 0 Å². The van der Waals surface area contributed by atoms with E-state index in [0.717, 1.165) is 11.1 Å². The van der Waals surface area contributed by atoms with Crippen molar-refractivity contribution in [1.82, 2.24) is 10.2 Å². The van der Waals surface area contributed by atoms with Gasteiger partial charge in [0.05, 0.1) is 0 Å². The molecule has 7 nitrogen and oxygen atoms in total. The van der Waals surface area contributed by atoms with Crippen molar-refractivity contribution in [2.75, 3.05) is 39.3 Å². The maximum Gasteiger partial charge on any atom is 0.343 e. The topological polar surface area (TPSA) is 81.0 Å². The Kier molecular flexibility index (Phi) is 5.85. The van der Waals surface area contributed by atoms with Crippen LogP contribution in [0.2, 0.25) is 0 Å². The van der Waals surface area contributed by atoms with Gasteiger partial charge in [-0.05, 0) is 26.2 Å². The Bertz CT molecular complexity index is 481. The van der Waals surface area contributed by atoms with E-state index < -0.39 is 11.8 Å². The Morgan fingerprint density at radius 3 is 2.75 bits per heavy atom. The lowest BCUT2D eigenvalue weighted by Crippen LogP contribution is -2.34. The van der Waals surface area contributed by atoms with Crippen molar-refractivity contribution in [3.8, 4) is 5.75 Å². The molecular formula is C12H18FN5O2. The second-order valence-electron chi connectivity index (χ2n) is 4.23. The summed E-state index contributed by atoms with van der Waals surface area (Å²) in [5.41, 5.74) is 7.27. The molecule has 0 heterocycles. The van der Waals surface area contributed by atoms with E-state index in [1.807, 2.05) is 19.0 Å². The van der Waals surface area contributed by atoms with Crippen LogP contribution in [-0.4, -0.2) is 45.2 Å². The number of likely N-dealkylation sites (N-methyl/N-ethyl adjacent to an activating group) is 1. The average Bonchev–Trinajstić information content (AvgIpc) is 2.41. The normalized spacial score (nSPS) is 10.2. The molecule has 1 rings (SSSR count). The monoisotopic (exact) mass is 283 g/mol. The Hall–Kier alpha value is -2.22. The predicted octanol–water partition coefficient (Wildman–Crippen LogP) is 1.86. The first kappa shape index (κ1) is 15.8. The molecule has 0 unspecified atom stereocenters. The molecule has 0 radical (unpaired) electrons. The van der Waals surface area contributed by atoms with Gasteiger partial charge in [0, 0.05) is 19.7 Å². The van der Waals surface area contributed by atoms with Gasteiger partial charge in [-0.15, -0.1) is 0 Å². The Morgan fingerprint density at radius 1 is 1.50 bits per heavy atom. The van der Waals surface area contributed by atoms with Gasteiger partial charge in [-0.2, -0.15) is 10.5 Å². The number of carbonyl (C=O) groups is 1. The lowest BCUT2D eigenvalue weighted by Gasteiger charge is -2.19. The van der Waals surface area contributed by atoms with Crippen LogP contribution in [0.25, 0.3) is 0 Å². The van der Waals surface area contributed by atoms with Gasteiger partial charge in [-0.3, -0.25) is 0 Å². The number of halogens is 1. The van der Waals surface area contributed by atoms with E-state index >= 15 is 0 Å². The Balaban J connectivity index is 2.99. The van der Waals surface area contributed by atoms with Crippen molar-refractivity contribution in [2.45, 2.75) is 0 Å². The summed E-state index contributed by atoms with van der Waals surface area (Å²) in [6.45, 7) is 0.955. The number of ether oxygens (including phenoxy) is 1. The second kappa shape index (κ2) is 7.39. The maximum absolute atomic E-state index is 13.3. The van der Waals surface area contributed by atoms with Crippen molar-refractivity contribution in [2.24, 2.45) is 5.22 Å². The zero-order chi connectivity index (χ0) is 15.1. The zero-order valence-corrected chi connectivity index (χ0v) is 11.7. The smallest absolute Gasteiger partial charge is 0.343 e. The lowest BCUT2D eigenvalue weighted by atomic mass is 10.2. The van der Waals surface area contributed by atoms with Crippen LogP contribution in [0, 0.1) is 11.3 Å². The predicted molar refractivity (Wildman–Crippen MR) is 72.5 cm³/mol. The van der Waals surface area contributed by atoms with Gasteiger partial charge in [0.2, 0.25) is 0 Å². The number of nitrogens with one attached hydrogen (secondary N) is 2. The van der Waals surface area contributed by atoms with Gasteiger partial charge in [-0.25, -0.2) is 9.18 Å². The number of carbonyl (C=O) groups excluding carboxylic acids is 1. The minimum atomic E-state index is -0.607. The molecule has 8 heteroatoms. The first-order valence-corrected chi connectivity index (χ1v) is 5.96. The molecule has 0 saturated heterocycles.